The van der Waals surface area contributed by atoms with Gasteiger partial charge >= 0.3 is 0 Å². The molecule has 0 saturated carbocycles. The van der Waals surface area contributed by atoms with Gasteiger partial charge in [0.1, 0.15) is 10.7 Å². The molecule has 0 fully saturated rings. The molecule has 2 aromatic rings. The van der Waals surface area contributed by atoms with Crippen LogP contribution in [0.25, 0.3) is 11.3 Å². The molecule has 1 aromatic carbocycles. The lowest BCUT2D eigenvalue weighted by Crippen LogP contribution is -2.27. The SMILES string of the molecule is CC(C)(C)C(=O)Nc1nc(-c2ccccc2)c(N)s1. The molecule has 0 aliphatic heterocycles. The average molecular weight is 275 g/mol. The molecular formula is C14H17N3OS. The molecule has 1 aromatic heterocycles. The Hall–Kier alpha value is -1.88. The number of carbonyl (C=O) groups is 1. The van der Waals surface area contributed by atoms with Gasteiger partial charge in [0.25, 0.3) is 0 Å². The molecule has 1 heterocycles. The predicted octanol–water partition coefficient (Wildman–Crippen LogP) is 3.38. The second-order valence-electron chi connectivity index (χ2n) is 5.30. The Morgan fingerprint density at radius 2 is 1.89 bits per heavy atom. The highest BCUT2D eigenvalue weighted by atomic mass is 32.1. The van der Waals surface area contributed by atoms with Crippen molar-refractivity contribution in [1.29, 1.82) is 0 Å². The van der Waals surface area contributed by atoms with Gasteiger partial charge in [0, 0.05) is 11.0 Å². The number of thiazole rings is 1. The highest BCUT2D eigenvalue weighted by Crippen LogP contribution is 2.33. The summed E-state index contributed by atoms with van der Waals surface area (Å²) >= 11 is 1.29. The predicted molar refractivity (Wildman–Crippen MR) is 80.0 cm³/mol. The zero-order chi connectivity index (χ0) is 14.0. The third-order valence-corrected chi connectivity index (χ3v) is 3.40. The van der Waals surface area contributed by atoms with Gasteiger partial charge in [0.2, 0.25) is 5.91 Å². The van der Waals surface area contributed by atoms with E-state index in [1.165, 1.54) is 11.3 Å². The first-order chi connectivity index (χ1) is 8.88. The molecule has 0 saturated heterocycles. The largest absolute Gasteiger partial charge is 0.389 e. The van der Waals surface area contributed by atoms with Crippen LogP contribution in [0, 0.1) is 5.41 Å². The molecule has 0 aliphatic carbocycles. The normalized spacial score (nSPS) is 11.3. The standard InChI is InChI=1S/C14H17N3OS/c1-14(2,3)12(18)17-13-16-10(11(15)19-13)9-7-5-4-6-8-9/h4-8H,15H2,1-3H3,(H,16,17,18). The van der Waals surface area contributed by atoms with E-state index in [1.807, 2.05) is 51.1 Å². The van der Waals surface area contributed by atoms with Crippen LogP contribution in [0.2, 0.25) is 0 Å². The van der Waals surface area contributed by atoms with Crippen molar-refractivity contribution in [2.75, 3.05) is 11.1 Å². The van der Waals surface area contributed by atoms with E-state index < -0.39 is 5.41 Å². The fourth-order valence-corrected chi connectivity index (χ4v) is 2.22. The number of amides is 1. The smallest absolute Gasteiger partial charge is 0.231 e. The molecular weight excluding hydrogens is 258 g/mol. The fraction of sp³-hybridized carbons (Fsp3) is 0.286. The molecule has 0 bridgehead atoms. The maximum atomic E-state index is 11.9. The number of nitrogen functional groups attached to an aromatic ring is 1. The van der Waals surface area contributed by atoms with E-state index in [1.54, 1.807) is 0 Å². The van der Waals surface area contributed by atoms with Crippen LogP contribution in [-0.4, -0.2) is 10.9 Å². The summed E-state index contributed by atoms with van der Waals surface area (Å²) in [4.78, 5) is 16.3. The van der Waals surface area contributed by atoms with E-state index in [0.29, 0.717) is 10.1 Å². The van der Waals surface area contributed by atoms with Crippen LogP contribution in [0.3, 0.4) is 0 Å². The van der Waals surface area contributed by atoms with Gasteiger partial charge in [-0.05, 0) is 0 Å². The minimum absolute atomic E-state index is 0.0686. The maximum absolute atomic E-state index is 11.9. The Kier molecular flexibility index (Phi) is 3.57. The number of hydrogen-bond donors (Lipinski definition) is 2. The summed E-state index contributed by atoms with van der Waals surface area (Å²) in [5.74, 6) is -0.0686. The molecule has 1 amide bonds. The van der Waals surface area contributed by atoms with Crippen LogP contribution < -0.4 is 11.1 Å². The number of aromatic nitrogens is 1. The number of nitrogens with one attached hydrogen (secondary N) is 1. The topological polar surface area (TPSA) is 68.0 Å². The van der Waals surface area contributed by atoms with Crippen molar-refractivity contribution in [2.24, 2.45) is 5.41 Å². The lowest BCUT2D eigenvalue weighted by molar-refractivity contribution is -0.123. The number of carbonyl (C=O) groups excluding carboxylic acids is 1. The zero-order valence-electron chi connectivity index (χ0n) is 11.2. The van der Waals surface area contributed by atoms with Gasteiger partial charge < -0.3 is 11.1 Å². The van der Waals surface area contributed by atoms with Crippen LogP contribution in [0.5, 0.6) is 0 Å². The van der Waals surface area contributed by atoms with E-state index in [2.05, 4.69) is 10.3 Å². The van der Waals surface area contributed by atoms with Crippen molar-refractivity contribution in [3.8, 4) is 11.3 Å². The first kappa shape index (κ1) is 13.5. The Balaban J connectivity index is 2.25. The maximum Gasteiger partial charge on any atom is 0.231 e. The van der Waals surface area contributed by atoms with Gasteiger partial charge in [-0.15, -0.1) is 0 Å². The third kappa shape index (κ3) is 3.12. The minimum Gasteiger partial charge on any atom is -0.389 e. The van der Waals surface area contributed by atoms with Crippen LogP contribution in [0.1, 0.15) is 20.8 Å². The van der Waals surface area contributed by atoms with E-state index >= 15 is 0 Å². The highest BCUT2D eigenvalue weighted by molar-refractivity contribution is 7.20. The quantitative estimate of drug-likeness (QED) is 0.883. The lowest BCUT2D eigenvalue weighted by Gasteiger charge is -2.15. The number of nitrogens with two attached hydrogens (primary N) is 1. The molecule has 0 atom stereocenters. The fourth-order valence-electron chi connectivity index (χ4n) is 1.47. The van der Waals surface area contributed by atoms with Crippen molar-refractivity contribution in [3.05, 3.63) is 30.3 Å². The molecule has 0 spiro atoms. The number of anilines is 2. The number of rotatable bonds is 2. The van der Waals surface area contributed by atoms with Crippen molar-refractivity contribution < 1.29 is 4.79 Å². The monoisotopic (exact) mass is 275 g/mol. The molecule has 0 unspecified atom stereocenters. The molecule has 19 heavy (non-hydrogen) atoms. The van der Waals surface area contributed by atoms with Crippen molar-refractivity contribution >= 4 is 27.4 Å². The lowest BCUT2D eigenvalue weighted by atomic mass is 9.96. The van der Waals surface area contributed by atoms with Gasteiger partial charge in [0.05, 0.1) is 0 Å². The van der Waals surface area contributed by atoms with E-state index in [-0.39, 0.29) is 5.91 Å². The highest BCUT2D eigenvalue weighted by Gasteiger charge is 2.23. The zero-order valence-corrected chi connectivity index (χ0v) is 12.0. The van der Waals surface area contributed by atoms with E-state index in [0.717, 1.165) is 11.3 Å². The second kappa shape index (κ2) is 5.01. The molecule has 4 nitrogen and oxygen atoms in total. The summed E-state index contributed by atoms with van der Waals surface area (Å²) in [5.41, 5.74) is 7.18. The summed E-state index contributed by atoms with van der Waals surface area (Å²) in [6.07, 6.45) is 0. The van der Waals surface area contributed by atoms with E-state index in [4.69, 9.17) is 5.73 Å². The first-order valence-electron chi connectivity index (χ1n) is 6.01. The summed E-state index contributed by atoms with van der Waals surface area (Å²) in [7, 11) is 0. The summed E-state index contributed by atoms with van der Waals surface area (Å²) in [6.45, 7) is 5.58. The van der Waals surface area contributed by atoms with Crippen LogP contribution in [0.15, 0.2) is 30.3 Å². The number of benzene rings is 1. The number of hydrogen-bond acceptors (Lipinski definition) is 4. The second-order valence-corrected chi connectivity index (χ2v) is 6.33. The summed E-state index contributed by atoms with van der Waals surface area (Å²) in [5, 5.41) is 3.95. The first-order valence-corrected chi connectivity index (χ1v) is 6.83. The van der Waals surface area contributed by atoms with Crippen molar-refractivity contribution in [3.63, 3.8) is 0 Å². The molecule has 0 radical (unpaired) electrons. The molecule has 0 aliphatic rings. The van der Waals surface area contributed by atoms with Gasteiger partial charge in [-0.2, -0.15) is 0 Å². The van der Waals surface area contributed by atoms with Gasteiger partial charge in [-0.3, -0.25) is 4.79 Å². The molecule has 100 valence electrons. The molecule has 5 heteroatoms. The Morgan fingerprint density at radius 1 is 1.26 bits per heavy atom. The van der Waals surface area contributed by atoms with Crippen LogP contribution >= 0.6 is 11.3 Å². The van der Waals surface area contributed by atoms with E-state index in [9.17, 15) is 4.79 Å². The Labute approximate surface area is 116 Å². The molecule has 3 N–H and O–H groups in total. The Bertz CT molecular complexity index is 584. The van der Waals surface area contributed by atoms with Crippen molar-refractivity contribution in [1.82, 2.24) is 4.98 Å². The third-order valence-electron chi connectivity index (χ3n) is 2.60. The minimum atomic E-state index is -0.451. The number of nitrogens with zero attached hydrogens (tertiary/aromatic N) is 1. The van der Waals surface area contributed by atoms with Crippen LogP contribution in [0.4, 0.5) is 10.1 Å². The van der Waals surface area contributed by atoms with Gasteiger partial charge in [-0.1, -0.05) is 62.4 Å². The molecule has 2 rings (SSSR count). The van der Waals surface area contributed by atoms with Crippen LogP contribution in [-0.2, 0) is 4.79 Å². The Morgan fingerprint density at radius 3 is 2.47 bits per heavy atom. The summed E-state index contributed by atoms with van der Waals surface area (Å²) in [6, 6.07) is 9.69. The van der Waals surface area contributed by atoms with Gasteiger partial charge in [0.15, 0.2) is 5.13 Å². The van der Waals surface area contributed by atoms with Gasteiger partial charge in [-0.25, -0.2) is 4.98 Å². The van der Waals surface area contributed by atoms with Crippen molar-refractivity contribution in [2.45, 2.75) is 20.8 Å². The average Bonchev–Trinajstić information content (AvgIpc) is 2.70. The summed E-state index contributed by atoms with van der Waals surface area (Å²) < 4.78 is 0.